The van der Waals surface area contributed by atoms with Crippen LogP contribution in [0.15, 0.2) is 24.3 Å². The number of thiocarbonyl (C=S) groups is 1. The summed E-state index contributed by atoms with van der Waals surface area (Å²) in [5.41, 5.74) is 7.30. The highest BCUT2D eigenvalue weighted by atomic mass is 32.1. The van der Waals surface area contributed by atoms with Crippen molar-refractivity contribution in [1.82, 2.24) is 16.2 Å². The topological polar surface area (TPSA) is 65.2 Å². The highest BCUT2D eigenvalue weighted by Crippen LogP contribution is 2.07. The summed E-state index contributed by atoms with van der Waals surface area (Å²) in [6, 6.07) is 7.86. The molecule has 0 aliphatic carbocycles. The van der Waals surface area contributed by atoms with Gasteiger partial charge < -0.3 is 10.6 Å². The van der Waals surface area contributed by atoms with E-state index < -0.39 is 0 Å². The van der Waals surface area contributed by atoms with E-state index in [4.69, 9.17) is 12.2 Å². The van der Waals surface area contributed by atoms with Gasteiger partial charge >= 0.3 is 0 Å². The van der Waals surface area contributed by atoms with Crippen molar-refractivity contribution in [2.45, 2.75) is 26.7 Å². The molecule has 1 aromatic carbocycles. The minimum atomic E-state index is -0.176. The number of hydrazine groups is 1. The van der Waals surface area contributed by atoms with Gasteiger partial charge in [-0.2, -0.15) is 0 Å². The maximum absolute atomic E-state index is 11.6. The zero-order valence-corrected chi connectivity index (χ0v) is 12.8. The molecule has 0 radical (unpaired) electrons. The van der Waals surface area contributed by atoms with Crippen molar-refractivity contribution >= 4 is 28.9 Å². The largest absolute Gasteiger partial charge is 0.376 e. The van der Waals surface area contributed by atoms with Crippen molar-refractivity contribution in [1.29, 1.82) is 0 Å². The van der Waals surface area contributed by atoms with Gasteiger partial charge in [0.2, 0.25) is 0 Å². The second-order valence-electron chi connectivity index (χ2n) is 4.50. The second kappa shape index (κ2) is 9.14. The van der Waals surface area contributed by atoms with Crippen molar-refractivity contribution in [2.75, 3.05) is 18.4 Å². The number of aryl methyl sites for hydroxylation is 1. The Morgan fingerprint density at radius 2 is 1.90 bits per heavy atom. The molecule has 1 amide bonds. The predicted octanol–water partition coefficient (Wildman–Crippen LogP) is 1.70. The van der Waals surface area contributed by atoms with Crippen LogP contribution in [0.5, 0.6) is 0 Å². The summed E-state index contributed by atoms with van der Waals surface area (Å²) < 4.78 is 0. The van der Waals surface area contributed by atoms with Crippen LogP contribution in [-0.4, -0.2) is 24.1 Å². The quantitative estimate of drug-likeness (QED) is 0.365. The molecule has 0 saturated carbocycles. The maximum Gasteiger partial charge on any atom is 0.257 e. The zero-order valence-electron chi connectivity index (χ0n) is 12.0. The van der Waals surface area contributed by atoms with Gasteiger partial charge in [-0.1, -0.05) is 31.0 Å². The van der Waals surface area contributed by atoms with Crippen LogP contribution in [0.1, 0.15) is 25.3 Å². The van der Waals surface area contributed by atoms with Crippen molar-refractivity contribution < 1.29 is 4.79 Å². The number of unbranched alkanes of at least 4 members (excludes halogenated alkanes) is 1. The monoisotopic (exact) mass is 294 g/mol. The van der Waals surface area contributed by atoms with E-state index in [-0.39, 0.29) is 12.5 Å². The SMILES string of the molecule is CCCCNC(=S)NNC(=O)CNc1ccc(C)cc1. The first-order valence-electron chi connectivity index (χ1n) is 6.75. The van der Waals surface area contributed by atoms with E-state index in [9.17, 15) is 4.79 Å². The molecule has 4 N–H and O–H groups in total. The summed E-state index contributed by atoms with van der Waals surface area (Å²) >= 11 is 5.02. The Kier molecular flexibility index (Phi) is 7.42. The average Bonchev–Trinajstić information content (AvgIpc) is 2.45. The molecule has 0 aromatic heterocycles. The van der Waals surface area contributed by atoms with Crippen LogP contribution < -0.4 is 21.5 Å². The van der Waals surface area contributed by atoms with E-state index >= 15 is 0 Å². The van der Waals surface area contributed by atoms with Crippen LogP contribution in [0.3, 0.4) is 0 Å². The minimum Gasteiger partial charge on any atom is -0.376 e. The lowest BCUT2D eigenvalue weighted by atomic mass is 10.2. The molecule has 0 bridgehead atoms. The van der Waals surface area contributed by atoms with Gasteiger partial charge in [-0.25, -0.2) is 0 Å². The third-order valence-corrected chi connectivity index (χ3v) is 2.88. The third kappa shape index (κ3) is 6.94. The summed E-state index contributed by atoms with van der Waals surface area (Å²) in [6.07, 6.45) is 2.15. The Bertz CT molecular complexity index is 433. The van der Waals surface area contributed by atoms with Gasteiger partial charge in [-0.05, 0) is 37.7 Å². The van der Waals surface area contributed by atoms with Gasteiger partial charge in [-0.3, -0.25) is 15.6 Å². The summed E-state index contributed by atoms with van der Waals surface area (Å²) in [6.45, 7) is 5.12. The number of anilines is 1. The summed E-state index contributed by atoms with van der Waals surface area (Å²) in [5.74, 6) is -0.176. The van der Waals surface area contributed by atoms with Crippen molar-refractivity contribution in [3.8, 4) is 0 Å². The van der Waals surface area contributed by atoms with Crippen LogP contribution in [-0.2, 0) is 4.79 Å². The van der Waals surface area contributed by atoms with E-state index in [2.05, 4.69) is 28.4 Å². The molecule has 0 fully saturated rings. The molecule has 0 spiro atoms. The average molecular weight is 294 g/mol. The highest BCUT2D eigenvalue weighted by Gasteiger charge is 2.01. The minimum absolute atomic E-state index is 0.176. The molecule has 0 aliphatic heterocycles. The Morgan fingerprint density at radius 1 is 1.20 bits per heavy atom. The number of carbonyl (C=O) groups excluding carboxylic acids is 1. The summed E-state index contributed by atoms with van der Waals surface area (Å²) in [7, 11) is 0. The van der Waals surface area contributed by atoms with Crippen LogP contribution >= 0.6 is 12.2 Å². The summed E-state index contributed by atoms with van der Waals surface area (Å²) in [4.78, 5) is 11.6. The standard InChI is InChI=1S/C14H22N4OS/c1-3-4-9-15-14(20)18-17-13(19)10-16-12-7-5-11(2)6-8-12/h5-8,16H,3-4,9-10H2,1-2H3,(H,17,19)(H2,15,18,20). The molecule has 1 aromatic rings. The number of rotatable bonds is 6. The molecule has 110 valence electrons. The van der Waals surface area contributed by atoms with Gasteiger partial charge in [0.15, 0.2) is 5.11 Å². The van der Waals surface area contributed by atoms with Crippen LogP contribution in [0, 0.1) is 6.92 Å². The molecule has 0 aliphatic rings. The molecular formula is C14H22N4OS. The predicted molar refractivity (Wildman–Crippen MR) is 86.5 cm³/mol. The number of carbonyl (C=O) groups is 1. The van der Waals surface area contributed by atoms with Gasteiger partial charge in [0.05, 0.1) is 6.54 Å². The van der Waals surface area contributed by atoms with E-state index in [1.807, 2.05) is 31.2 Å². The van der Waals surface area contributed by atoms with Gasteiger partial charge in [0.25, 0.3) is 5.91 Å². The van der Waals surface area contributed by atoms with E-state index in [0.29, 0.717) is 5.11 Å². The number of benzene rings is 1. The molecule has 20 heavy (non-hydrogen) atoms. The highest BCUT2D eigenvalue weighted by molar-refractivity contribution is 7.80. The first kappa shape index (κ1) is 16.2. The van der Waals surface area contributed by atoms with E-state index in [1.54, 1.807) is 0 Å². The molecule has 0 saturated heterocycles. The fourth-order valence-electron chi connectivity index (χ4n) is 1.45. The fourth-order valence-corrected chi connectivity index (χ4v) is 1.60. The lowest BCUT2D eigenvalue weighted by Crippen LogP contribution is -2.48. The number of hydrogen-bond donors (Lipinski definition) is 4. The van der Waals surface area contributed by atoms with E-state index in [1.165, 1.54) is 5.56 Å². The van der Waals surface area contributed by atoms with Crippen LogP contribution in [0.25, 0.3) is 0 Å². The summed E-state index contributed by atoms with van der Waals surface area (Å²) in [5, 5.41) is 6.47. The van der Waals surface area contributed by atoms with Gasteiger partial charge in [-0.15, -0.1) is 0 Å². The smallest absolute Gasteiger partial charge is 0.257 e. The third-order valence-electron chi connectivity index (χ3n) is 2.64. The first-order chi connectivity index (χ1) is 9.61. The fraction of sp³-hybridized carbons (Fsp3) is 0.429. The number of hydrogen-bond acceptors (Lipinski definition) is 3. The first-order valence-corrected chi connectivity index (χ1v) is 7.16. The number of nitrogens with one attached hydrogen (secondary N) is 4. The molecule has 0 heterocycles. The molecule has 6 heteroatoms. The zero-order chi connectivity index (χ0) is 14.8. The lowest BCUT2D eigenvalue weighted by Gasteiger charge is -2.12. The maximum atomic E-state index is 11.6. The lowest BCUT2D eigenvalue weighted by molar-refractivity contribution is -0.119. The molecule has 0 atom stereocenters. The van der Waals surface area contributed by atoms with Crippen LogP contribution in [0.2, 0.25) is 0 Å². The van der Waals surface area contributed by atoms with Gasteiger partial charge in [0.1, 0.15) is 0 Å². The van der Waals surface area contributed by atoms with E-state index in [0.717, 1.165) is 25.1 Å². The Morgan fingerprint density at radius 3 is 2.55 bits per heavy atom. The van der Waals surface area contributed by atoms with Crippen molar-refractivity contribution in [2.24, 2.45) is 0 Å². The van der Waals surface area contributed by atoms with Gasteiger partial charge in [0, 0.05) is 12.2 Å². The Hall–Kier alpha value is -1.82. The Labute approximate surface area is 125 Å². The number of amides is 1. The molecule has 1 rings (SSSR count). The van der Waals surface area contributed by atoms with Crippen molar-refractivity contribution in [3.05, 3.63) is 29.8 Å². The van der Waals surface area contributed by atoms with Crippen molar-refractivity contribution in [3.63, 3.8) is 0 Å². The Balaban J connectivity index is 2.17. The molecule has 5 nitrogen and oxygen atoms in total. The second-order valence-corrected chi connectivity index (χ2v) is 4.91. The normalized spacial score (nSPS) is 9.70. The van der Waals surface area contributed by atoms with Crippen LogP contribution in [0.4, 0.5) is 5.69 Å². The molecule has 0 unspecified atom stereocenters. The molecular weight excluding hydrogens is 272 g/mol.